The van der Waals surface area contributed by atoms with Crippen LogP contribution in [-0.4, -0.2) is 56.6 Å². The minimum absolute atomic E-state index is 0.169. The third-order valence-corrected chi connectivity index (χ3v) is 6.36. The minimum Gasteiger partial charge on any atom is -0.455 e. The molecule has 1 heterocycles. The molecular weight excluding hydrogens is 332 g/mol. The van der Waals surface area contributed by atoms with Crippen molar-refractivity contribution in [2.45, 2.75) is 51.5 Å². The van der Waals surface area contributed by atoms with E-state index in [9.17, 15) is 18.0 Å². The number of rotatable bonds is 5. The van der Waals surface area contributed by atoms with E-state index in [1.807, 2.05) is 0 Å². The first-order chi connectivity index (χ1) is 11.3. The van der Waals surface area contributed by atoms with Gasteiger partial charge in [0.15, 0.2) is 6.61 Å². The molecule has 1 saturated carbocycles. The maximum Gasteiger partial charge on any atom is 0.309 e. The summed E-state index contributed by atoms with van der Waals surface area (Å²) in [6.45, 7) is 2.52. The smallest absolute Gasteiger partial charge is 0.309 e. The Balaban J connectivity index is 1.70. The Morgan fingerprint density at radius 3 is 2.33 bits per heavy atom. The Bertz CT molecular complexity index is 555. The van der Waals surface area contributed by atoms with Gasteiger partial charge in [0.2, 0.25) is 10.0 Å². The van der Waals surface area contributed by atoms with Crippen LogP contribution in [0.2, 0.25) is 0 Å². The fourth-order valence-corrected chi connectivity index (χ4v) is 4.33. The lowest BCUT2D eigenvalue weighted by Gasteiger charge is -2.30. The van der Waals surface area contributed by atoms with E-state index in [2.05, 4.69) is 12.2 Å². The lowest BCUT2D eigenvalue weighted by atomic mass is 9.86. The lowest BCUT2D eigenvalue weighted by molar-refractivity contribution is -0.154. The molecule has 7 nitrogen and oxygen atoms in total. The molecule has 2 fully saturated rings. The number of carbonyl (C=O) groups is 2. The van der Waals surface area contributed by atoms with Gasteiger partial charge in [0.1, 0.15) is 0 Å². The third-order valence-electron chi connectivity index (χ3n) is 5.06. The fourth-order valence-electron chi connectivity index (χ4n) is 3.46. The standard InChI is InChI=1S/C16H28N2O5S/c1-12-5-3-4-6-14(12)17-15(19)11-23-16(20)13-7-9-18(10-8-13)24(2,21)22/h12-14H,3-11H2,1-2H3,(H,17,19)/t12-,14-/m0/s1. The Hall–Kier alpha value is -1.15. The number of carbonyl (C=O) groups excluding carboxylic acids is 2. The van der Waals surface area contributed by atoms with Crippen molar-refractivity contribution in [3.63, 3.8) is 0 Å². The minimum atomic E-state index is -3.21. The monoisotopic (exact) mass is 360 g/mol. The summed E-state index contributed by atoms with van der Waals surface area (Å²) in [6.07, 6.45) is 6.46. The highest BCUT2D eigenvalue weighted by molar-refractivity contribution is 7.88. The van der Waals surface area contributed by atoms with E-state index in [1.165, 1.54) is 17.0 Å². The summed E-state index contributed by atoms with van der Waals surface area (Å²) in [7, 11) is -3.21. The van der Waals surface area contributed by atoms with E-state index < -0.39 is 16.0 Å². The van der Waals surface area contributed by atoms with Gasteiger partial charge in [0, 0.05) is 19.1 Å². The van der Waals surface area contributed by atoms with Crippen molar-refractivity contribution >= 4 is 21.9 Å². The topological polar surface area (TPSA) is 92.8 Å². The van der Waals surface area contributed by atoms with Gasteiger partial charge in [-0.1, -0.05) is 19.8 Å². The normalized spacial score (nSPS) is 26.8. The first-order valence-electron chi connectivity index (χ1n) is 8.68. The van der Waals surface area contributed by atoms with E-state index in [1.54, 1.807) is 0 Å². The average Bonchev–Trinajstić information content (AvgIpc) is 2.54. The van der Waals surface area contributed by atoms with Crippen molar-refractivity contribution in [2.24, 2.45) is 11.8 Å². The summed E-state index contributed by atoms with van der Waals surface area (Å²) in [5.41, 5.74) is 0. The Labute approximate surface area is 144 Å². The van der Waals surface area contributed by atoms with Crippen LogP contribution in [-0.2, 0) is 24.3 Å². The van der Waals surface area contributed by atoms with Crippen molar-refractivity contribution in [3.8, 4) is 0 Å². The number of esters is 1. The summed E-state index contributed by atoms with van der Waals surface area (Å²) in [5, 5.41) is 2.95. The zero-order valence-electron chi connectivity index (χ0n) is 14.5. The molecule has 0 spiro atoms. The maximum atomic E-state index is 12.0. The van der Waals surface area contributed by atoms with Gasteiger partial charge >= 0.3 is 5.97 Å². The van der Waals surface area contributed by atoms with Crippen LogP contribution < -0.4 is 5.32 Å². The number of amides is 1. The largest absolute Gasteiger partial charge is 0.455 e. The van der Waals surface area contributed by atoms with Crippen molar-refractivity contribution in [2.75, 3.05) is 26.0 Å². The highest BCUT2D eigenvalue weighted by Gasteiger charge is 2.30. The predicted molar refractivity (Wildman–Crippen MR) is 89.7 cm³/mol. The molecule has 0 aromatic rings. The molecule has 8 heteroatoms. The van der Waals surface area contributed by atoms with E-state index in [4.69, 9.17) is 4.74 Å². The van der Waals surface area contributed by atoms with E-state index >= 15 is 0 Å². The number of nitrogens with one attached hydrogen (secondary N) is 1. The first-order valence-corrected chi connectivity index (χ1v) is 10.5. The summed E-state index contributed by atoms with van der Waals surface area (Å²) in [4.78, 5) is 24.0. The first kappa shape index (κ1) is 19.2. The third kappa shape index (κ3) is 5.44. The van der Waals surface area contributed by atoms with E-state index in [-0.39, 0.29) is 24.5 Å². The van der Waals surface area contributed by atoms with Gasteiger partial charge in [0.05, 0.1) is 12.2 Å². The number of hydrogen-bond donors (Lipinski definition) is 1. The second kappa shape index (κ2) is 8.29. The molecule has 0 unspecified atom stereocenters. The molecule has 0 aromatic carbocycles. The molecule has 1 N–H and O–H groups in total. The van der Waals surface area contributed by atoms with Crippen LogP contribution in [0.1, 0.15) is 45.4 Å². The van der Waals surface area contributed by atoms with E-state index in [0.717, 1.165) is 19.3 Å². The molecule has 1 amide bonds. The van der Waals surface area contributed by atoms with Gasteiger partial charge in [-0.15, -0.1) is 0 Å². The molecule has 0 radical (unpaired) electrons. The summed E-state index contributed by atoms with van der Waals surface area (Å²) >= 11 is 0. The van der Waals surface area contributed by atoms with Gasteiger partial charge in [-0.05, 0) is 31.6 Å². The molecular formula is C16H28N2O5S. The summed E-state index contributed by atoms with van der Waals surface area (Å²) in [5.74, 6) is -0.534. The van der Waals surface area contributed by atoms with Crippen LogP contribution >= 0.6 is 0 Å². The van der Waals surface area contributed by atoms with Crippen molar-refractivity contribution in [1.82, 2.24) is 9.62 Å². The molecule has 138 valence electrons. The molecule has 1 aliphatic carbocycles. The van der Waals surface area contributed by atoms with E-state index in [0.29, 0.717) is 31.8 Å². The Kier molecular flexibility index (Phi) is 6.62. The SMILES string of the molecule is C[C@H]1CCCC[C@@H]1NC(=O)COC(=O)C1CCN(S(C)(=O)=O)CC1. The van der Waals surface area contributed by atoms with Gasteiger partial charge < -0.3 is 10.1 Å². The van der Waals surface area contributed by atoms with Crippen LogP contribution in [0.25, 0.3) is 0 Å². The highest BCUT2D eigenvalue weighted by Crippen LogP contribution is 2.24. The van der Waals surface area contributed by atoms with Crippen molar-refractivity contribution in [1.29, 1.82) is 0 Å². The van der Waals surface area contributed by atoms with Crippen LogP contribution in [0, 0.1) is 11.8 Å². The average molecular weight is 360 g/mol. The molecule has 2 aliphatic rings. The second-order valence-electron chi connectivity index (χ2n) is 6.98. The molecule has 24 heavy (non-hydrogen) atoms. The number of hydrogen-bond acceptors (Lipinski definition) is 5. The molecule has 0 aromatic heterocycles. The highest BCUT2D eigenvalue weighted by atomic mass is 32.2. The quantitative estimate of drug-likeness (QED) is 0.735. The molecule has 2 rings (SSSR count). The van der Waals surface area contributed by atoms with Crippen molar-refractivity contribution in [3.05, 3.63) is 0 Å². The number of sulfonamides is 1. The van der Waals surface area contributed by atoms with Gasteiger partial charge in [-0.3, -0.25) is 9.59 Å². The Morgan fingerprint density at radius 1 is 1.12 bits per heavy atom. The molecule has 2 atom stereocenters. The van der Waals surface area contributed by atoms with Crippen LogP contribution in [0.4, 0.5) is 0 Å². The summed E-state index contributed by atoms with van der Waals surface area (Å²) in [6, 6.07) is 0.169. The zero-order chi connectivity index (χ0) is 17.7. The lowest BCUT2D eigenvalue weighted by Crippen LogP contribution is -2.43. The van der Waals surface area contributed by atoms with Gasteiger partial charge in [-0.25, -0.2) is 12.7 Å². The zero-order valence-corrected chi connectivity index (χ0v) is 15.3. The maximum absolute atomic E-state index is 12.0. The molecule has 0 bridgehead atoms. The molecule has 1 saturated heterocycles. The number of piperidine rings is 1. The van der Waals surface area contributed by atoms with Crippen LogP contribution in [0.3, 0.4) is 0 Å². The Morgan fingerprint density at radius 2 is 1.75 bits per heavy atom. The fraction of sp³-hybridized carbons (Fsp3) is 0.875. The van der Waals surface area contributed by atoms with Gasteiger partial charge in [-0.2, -0.15) is 0 Å². The second-order valence-corrected chi connectivity index (χ2v) is 8.96. The number of nitrogens with zero attached hydrogens (tertiary/aromatic N) is 1. The number of ether oxygens (including phenoxy) is 1. The van der Waals surface area contributed by atoms with Crippen LogP contribution in [0.5, 0.6) is 0 Å². The van der Waals surface area contributed by atoms with Crippen LogP contribution in [0.15, 0.2) is 0 Å². The molecule has 1 aliphatic heterocycles. The summed E-state index contributed by atoms with van der Waals surface area (Å²) < 4.78 is 29.4. The van der Waals surface area contributed by atoms with Crippen molar-refractivity contribution < 1.29 is 22.7 Å². The van der Waals surface area contributed by atoms with Gasteiger partial charge in [0.25, 0.3) is 5.91 Å². The predicted octanol–water partition coefficient (Wildman–Crippen LogP) is 0.896.